The largest absolute Gasteiger partial charge is 0.497 e. The van der Waals surface area contributed by atoms with Crippen LogP contribution in [0, 0.1) is 10.1 Å². The van der Waals surface area contributed by atoms with Gasteiger partial charge in [-0.1, -0.05) is 35.4 Å². The second kappa shape index (κ2) is 8.08. The summed E-state index contributed by atoms with van der Waals surface area (Å²) in [5, 5.41) is 20.8. The first-order chi connectivity index (χ1) is 14.6. The number of fused-ring (bicyclic) bond motifs is 1. The summed E-state index contributed by atoms with van der Waals surface area (Å²) in [6.45, 7) is 0.245. The van der Waals surface area contributed by atoms with Crippen molar-refractivity contribution in [3.63, 3.8) is 0 Å². The van der Waals surface area contributed by atoms with Gasteiger partial charge in [0.2, 0.25) is 0 Å². The van der Waals surface area contributed by atoms with Crippen molar-refractivity contribution in [2.45, 2.75) is 5.92 Å². The Morgan fingerprint density at radius 2 is 2.00 bits per heavy atom. The lowest BCUT2D eigenvalue weighted by Crippen LogP contribution is -2.29. The van der Waals surface area contributed by atoms with Gasteiger partial charge in [-0.2, -0.15) is 0 Å². The number of aromatic amines is 2. The summed E-state index contributed by atoms with van der Waals surface area (Å²) >= 11 is 0. The molecule has 0 fully saturated rings. The molecule has 4 aromatic rings. The highest BCUT2D eigenvalue weighted by atomic mass is 16.6. The average Bonchev–Trinajstić information content (AvgIpc) is 3.42. The van der Waals surface area contributed by atoms with Crippen LogP contribution in [0.1, 0.15) is 27.4 Å². The van der Waals surface area contributed by atoms with E-state index in [9.17, 15) is 14.9 Å². The smallest absolute Gasteiger partial charge is 0.355 e. The predicted octanol–water partition coefficient (Wildman–Crippen LogP) is 3.37. The zero-order valence-electron chi connectivity index (χ0n) is 16.1. The molecule has 0 spiro atoms. The Hall–Kier alpha value is -4.14. The van der Waals surface area contributed by atoms with E-state index in [1.54, 1.807) is 7.11 Å². The molecule has 9 heteroatoms. The number of amides is 1. The molecule has 0 aliphatic rings. The highest BCUT2D eigenvalue weighted by molar-refractivity contribution is 5.97. The van der Waals surface area contributed by atoms with Crippen molar-refractivity contribution < 1.29 is 14.5 Å². The van der Waals surface area contributed by atoms with Crippen molar-refractivity contribution in [1.82, 2.24) is 20.5 Å². The number of ether oxygens (including phenoxy) is 1. The molecular formula is C21H19N5O4. The van der Waals surface area contributed by atoms with Crippen LogP contribution in [-0.2, 0) is 0 Å². The first-order valence-electron chi connectivity index (χ1n) is 9.24. The SMILES string of the molecule is COc1ccc(C(CNC(=O)c2cn[nH]c2[N+](=O)[O-])c2c[nH]c3ccccc23)cc1. The van der Waals surface area contributed by atoms with Gasteiger partial charge >= 0.3 is 5.82 Å². The number of hydrogen-bond acceptors (Lipinski definition) is 5. The molecule has 4 rings (SSSR count). The van der Waals surface area contributed by atoms with Crippen molar-refractivity contribution >= 4 is 22.6 Å². The maximum atomic E-state index is 12.6. The third-order valence-corrected chi connectivity index (χ3v) is 5.03. The molecule has 0 radical (unpaired) electrons. The molecule has 0 bridgehead atoms. The van der Waals surface area contributed by atoms with Gasteiger partial charge in [0.15, 0.2) is 5.56 Å². The molecule has 2 aromatic carbocycles. The van der Waals surface area contributed by atoms with Gasteiger partial charge in [0, 0.05) is 29.6 Å². The molecule has 0 saturated heterocycles. The topological polar surface area (TPSA) is 126 Å². The standard InChI is InChI=1S/C21H19N5O4/c1-30-14-8-6-13(7-9-14)16(17-11-22-19-5-3-2-4-15(17)19)10-23-21(27)18-12-24-25-20(18)26(28)29/h2-9,11-12,16,22H,10H2,1H3,(H,23,27)(H,24,25). The number of nitrogens with one attached hydrogen (secondary N) is 3. The van der Waals surface area contributed by atoms with Crippen LogP contribution in [0.15, 0.2) is 60.9 Å². The third kappa shape index (κ3) is 3.60. The zero-order valence-corrected chi connectivity index (χ0v) is 16.1. The Morgan fingerprint density at radius 3 is 2.73 bits per heavy atom. The fourth-order valence-corrected chi connectivity index (χ4v) is 3.50. The number of hydrogen-bond donors (Lipinski definition) is 3. The summed E-state index contributed by atoms with van der Waals surface area (Å²) in [7, 11) is 1.60. The van der Waals surface area contributed by atoms with Crippen LogP contribution >= 0.6 is 0 Å². The van der Waals surface area contributed by atoms with Crippen molar-refractivity contribution in [3.8, 4) is 5.75 Å². The Labute approximate surface area is 171 Å². The first-order valence-corrected chi connectivity index (χ1v) is 9.24. The second-order valence-electron chi connectivity index (χ2n) is 6.71. The molecule has 3 N–H and O–H groups in total. The normalized spacial score (nSPS) is 11.9. The molecule has 0 aliphatic heterocycles. The maximum absolute atomic E-state index is 12.6. The number of rotatable bonds is 7. The Bertz CT molecular complexity index is 1200. The third-order valence-electron chi connectivity index (χ3n) is 5.03. The fraction of sp³-hybridized carbons (Fsp3) is 0.143. The first kappa shape index (κ1) is 19.2. The number of carbonyl (C=O) groups excluding carboxylic acids is 1. The number of nitrogens with zero attached hydrogens (tertiary/aromatic N) is 2. The number of para-hydroxylation sites is 1. The molecule has 9 nitrogen and oxygen atoms in total. The van der Waals surface area contributed by atoms with E-state index in [0.717, 1.165) is 34.0 Å². The molecule has 30 heavy (non-hydrogen) atoms. The molecular weight excluding hydrogens is 386 g/mol. The molecule has 1 atom stereocenters. The van der Waals surface area contributed by atoms with Gasteiger partial charge in [-0.25, -0.2) is 0 Å². The van der Waals surface area contributed by atoms with E-state index in [-0.39, 0.29) is 18.0 Å². The van der Waals surface area contributed by atoms with Gasteiger partial charge < -0.3 is 25.2 Å². The minimum atomic E-state index is -0.664. The molecule has 1 unspecified atom stereocenters. The lowest BCUT2D eigenvalue weighted by Gasteiger charge is -2.18. The Kier molecular flexibility index (Phi) is 5.17. The summed E-state index contributed by atoms with van der Waals surface area (Å²) in [6.07, 6.45) is 3.08. The number of nitro groups is 1. The lowest BCUT2D eigenvalue weighted by atomic mass is 9.90. The summed E-state index contributed by atoms with van der Waals surface area (Å²) in [5.74, 6) is -0.439. The fourth-order valence-electron chi connectivity index (χ4n) is 3.50. The highest BCUT2D eigenvalue weighted by Gasteiger charge is 2.24. The number of carbonyl (C=O) groups is 1. The van der Waals surface area contributed by atoms with E-state index in [1.807, 2.05) is 54.7 Å². The van der Waals surface area contributed by atoms with Crippen LogP contribution in [0.25, 0.3) is 10.9 Å². The minimum Gasteiger partial charge on any atom is -0.497 e. The van der Waals surface area contributed by atoms with E-state index in [1.165, 1.54) is 0 Å². The van der Waals surface area contributed by atoms with E-state index in [0.29, 0.717) is 0 Å². The summed E-state index contributed by atoms with van der Waals surface area (Å²) in [4.78, 5) is 26.3. The summed E-state index contributed by atoms with van der Waals surface area (Å²) < 4.78 is 5.24. The van der Waals surface area contributed by atoms with E-state index in [2.05, 4.69) is 20.5 Å². The van der Waals surface area contributed by atoms with Crippen molar-refractivity contribution in [2.75, 3.05) is 13.7 Å². The van der Waals surface area contributed by atoms with Gasteiger partial charge in [-0.3, -0.25) is 4.79 Å². The predicted molar refractivity (Wildman–Crippen MR) is 111 cm³/mol. The number of H-pyrrole nitrogens is 2. The quantitative estimate of drug-likeness (QED) is 0.321. The molecule has 152 valence electrons. The zero-order chi connectivity index (χ0) is 21.1. The van der Waals surface area contributed by atoms with Crippen LogP contribution in [0.5, 0.6) is 5.75 Å². The molecule has 2 heterocycles. The van der Waals surface area contributed by atoms with Gasteiger partial charge in [-0.15, -0.1) is 5.10 Å². The van der Waals surface area contributed by atoms with Crippen molar-refractivity contribution in [1.29, 1.82) is 0 Å². The van der Waals surface area contributed by atoms with E-state index in [4.69, 9.17) is 4.74 Å². The molecule has 0 saturated carbocycles. The van der Waals surface area contributed by atoms with E-state index < -0.39 is 16.6 Å². The average molecular weight is 405 g/mol. The molecule has 2 aromatic heterocycles. The number of aromatic nitrogens is 3. The molecule has 1 amide bonds. The highest BCUT2D eigenvalue weighted by Crippen LogP contribution is 2.31. The summed E-state index contributed by atoms with van der Waals surface area (Å²) in [5.41, 5.74) is 2.87. The van der Waals surface area contributed by atoms with Gasteiger partial charge in [-0.05, 0) is 34.2 Å². The van der Waals surface area contributed by atoms with Gasteiger partial charge in [0.1, 0.15) is 5.75 Å². The van der Waals surface area contributed by atoms with Crippen LogP contribution < -0.4 is 10.1 Å². The van der Waals surface area contributed by atoms with Crippen LogP contribution in [0.3, 0.4) is 0 Å². The van der Waals surface area contributed by atoms with Crippen LogP contribution in [0.2, 0.25) is 0 Å². The maximum Gasteiger partial charge on any atom is 0.355 e. The number of benzene rings is 2. The van der Waals surface area contributed by atoms with E-state index >= 15 is 0 Å². The lowest BCUT2D eigenvalue weighted by molar-refractivity contribution is -0.389. The monoisotopic (exact) mass is 405 g/mol. The number of methoxy groups -OCH3 is 1. The second-order valence-corrected chi connectivity index (χ2v) is 6.71. The summed E-state index contributed by atoms with van der Waals surface area (Å²) in [6, 6.07) is 15.5. The van der Waals surface area contributed by atoms with Crippen LogP contribution in [-0.4, -0.2) is 39.7 Å². The van der Waals surface area contributed by atoms with Crippen molar-refractivity contribution in [2.24, 2.45) is 0 Å². The van der Waals surface area contributed by atoms with Gasteiger partial charge in [0.05, 0.1) is 13.3 Å². The molecule has 0 aliphatic carbocycles. The Morgan fingerprint density at radius 1 is 1.23 bits per heavy atom. The minimum absolute atomic E-state index is 0.104. The Balaban J connectivity index is 1.66. The van der Waals surface area contributed by atoms with Crippen molar-refractivity contribution in [3.05, 3.63) is 87.7 Å². The van der Waals surface area contributed by atoms with Crippen LogP contribution in [0.4, 0.5) is 5.82 Å². The van der Waals surface area contributed by atoms with Gasteiger partial charge in [0.25, 0.3) is 5.91 Å².